The first-order chi connectivity index (χ1) is 10.1. The number of aliphatic hydroxyl groups excluding tert-OH is 2. The maximum absolute atomic E-state index is 10.1. The molecule has 0 aliphatic carbocycles. The molecule has 0 rings (SSSR count). The van der Waals surface area contributed by atoms with Crippen LogP contribution in [-0.2, 0) is 26.7 Å². The van der Waals surface area contributed by atoms with E-state index in [2.05, 4.69) is 0 Å². The third-order valence-electron chi connectivity index (χ3n) is 2.72. The van der Waals surface area contributed by atoms with Crippen molar-refractivity contribution in [2.75, 3.05) is 13.1 Å². The van der Waals surface area contributed by atoms with Crippen LogP contribution in [0.25, 0.3) is 11.5 Å². The fourth-order valence-corrected chi connectivity index (χ4v) is 1.20. The van der Waals surface area contributed by atoms with Crippen molar-refractivity contribution in [3.63, 3.8) is 0 Å². The molecule has 0 aromatic heterocycles. The van der Waals surface area contributed by atoms with Crippen LogP contribution in [0.5, 0.6) is 0 Å². The molecule has 0 heterocycles. The molecule has 11 heteroatoms. The third kappa shape index (κ3) is 17.4. The second kappa shape index (κ2) is 16.1. The van der Waals surface area contributed by atoms with Crippen molar-refractivity contribution in [2.24, 2.45) is 11.5 Å². The van der Waals surface area contributed by atoms with Crippen molar-refractivity contribution in [1.29, 1.82) is 0 Å². The van der Waals surface area contributed by atoms with Crippen LogP contribution in [0.2, 0.25) is 0 Å². The van der Waals surface area contributed by atoms with E-state index in [4.69, 9.17) is 43.4 Å². The van der Waals surface area contributed by atoms with Gasteiger partial charge in [0.2, 0.25) is 0 Å². The Morgan fingerprint density at radius 3 is 1.22 bits per heavy atom. The van der Waals surface area contributed by atoms with Crippen LogP contribution >= 0.6 is 0 Å². The van der Waals surface area contributed by atoms with Gasteiger partial charge in [0.05, 0.1) is 12.2 Å². The number of nitrogens with one attached hydrogen (secondary N) is 2. The standard InChI is InChI=1S/2C6H13N2O3.Cu/c2*7-3-4(9)1-2-5(8)6(10)11;/h2*4-5,8-9H,1-3,7H2,(H,10,11);/q2*-1;+2/t2*4-,5+;/m11./s1. The van der Waals surface area contributed by atoms with Crippen molar-refractivity contribution in [2.45, 2.75) is 50.0 Å². The minimum Gasteiger partial charge on any atom is -0.665 e. The zero-order valence-corrected chi connectivity index (χ0v) is 13.6. The van der Waals surface area contributed by atoms with Crippen molar-refractivity contribution >= 4 is 11.9 Å². The molecule has 23 heavy (non-hydrogen) atoms. The van der Waals surface area contributed by atoms with Crippen molar-refractivity contribution in [1.82, 2.24) is 0 Å². The minimum atomic E-state index is -1.16. The van der Waals surface area contributed by atoms with Crippen LogP contribution in [-0.4, -0.2) is 69.7 Å². The van der Waals surface area contributed by atoms with Crippen LogP contribution in [0, 0.1) is 0 Å². The summed E-state index contributed by atoms with van der Waals surface area (Å²) in [5.41, 5.74) is 24.0. The van der Waals surface area contributed by atoms with Crippen molar-refractivity contribution in [3.8, 4) is 0 Å². The molecular formula is C12H26CuN4O6. The second-order valence-corrected chi connectivity index (χ2v) is 4.72. The molecule has 4 atom stereocenters. The molecule has 141 valence electrons. The quantitative estimate of drug-likeness (QED) is 0.260. The molecule has 0 unspecified atom stereocenters. The van der Waals surface area contributed by atoms with Gasteiger partial charge < -0.3 is 43.4 Å². The topological polar surface area (TPSA) is 215 Å². The SMILES string of the molecule is [Cu+2].[NH-][C@@H](CC[C@@H](O)CN)C(=O)O.[NH-][C@@H](CC[C@@H](O)CN)C(=O)O. The van der Waals surface area contributed by atoms with E-state index in [0.29, 0.717) is 0 Å². The Hall–Kier alpha value is -0.781. The van der Waals surface area contributed by atoms with Crippen molar-refractivity contribution in [3.05, 3.63) is 11.5 Å². The zero-order chi connectivity index (χ0) is 17.7. The van der Waals surface area contributed by atoms with Gasteiger partial charge in [-0.3, -0.25) is 9.59 Å². The molecule has 0 saturated heterocycles. The zero-order valence-electron chi connectivity index (χ0n) is 12.6. The summed E-state index contributed by atoms with van der Waals surface area (Å²) in [6, 6.07) is -2.28. The van der Waals surface area contributed by atoms with E-state index in [1.165, 1.54) is 0 Å². The summed E-state index contributed by atoms with van der Waals surface area (Å²) in [6.07, 6.45) is -0.514. The Morgan fingerprint density at radius 1 is 0.783 bits per heavy atom. The number of hydrogen-bond donors (Lipinski definition) is 6. The fourth-order valence-electron chi connectivity index (χ4n) is 1.20. The fraction of sp³-hybridized carbons (Fsp3) is 0.833. The third-order valence-corrected chi connectivity index (χ3v) is 2.72. The first-order valence-corrected chi connectivity index (χ1v) is 6.79. The van der Waals surface area contributed by atoms with Crippen molar-refractivity contribution < 1.29 is 47.1 Å². The second-order valence-electron chi connectivity index (χ2n) is 4.72. The van der Waals surface area contributed by atoms with Gasteiger partial charge in [0.25, 0.3) is 11.9 Å². The van der Waals surface area contributed by atoms with E-state index < -0.39 is 36.2 Å². The van der Waals surface area contributed by atoms with Crippen LogP contribution in [0.4, 0.5) is 0 Å². The van der Waals surface area contributed by atoms with Gasteiger partial charge in [-0.2, -0.15) is 0 Å². The Morgan fingerprint density at radius 2 is 1.04 bits per heavy atom. The molecular weight excluding hydrogens is 360 g/mol. The van der Waals surface area contributed by atoms with E-state index in [1.807, 2.05) is 0 Å². The van der Waals surface area contributed by atoms with Gasteiger partial charge in [-0.15, -0.1) is 0 Å². The molecule has 0 amide bonds. The average molecular weight is 386 g/mol. The Balaban J connectivity index is -0.000000333. The number of carboxylic acid groups (broad SMARTS) is 2. The largest absolute Gasteiger partial charge is 2.00 e. The Labute approximate surface area is 145 Å². The minimum absolute atomic E-state index is 0. The summed E-state index contributed by atoms with van der Waals surface area (Å²) in [4.78, 5) is 20.2. The first kappa shape index (κ1) is 27.1. The maximum Gasteiger partial charge on any atom is 2.00 e. The molecule has 0 aromatic rings. The molecule has 0 aromatic carbocycles. The number of carboxylic acids is 2. The van der Waals surface area contributed by atoms with E-state index in [0.717, 1.165) is 0 Å². The Kier molecular flexibility index (Phi) is 18.9. The predicted molar refractivity (Wildman–Crippen MR) is 80.1 cm³/mol. The molecule has 0 spiro atoms. The van der Waals surface area contributed by atoms with Gasteiger partial charge in [-0.05, 0) is 24.9 Å². The van der Waals surface area contributed by atoms with E-state index >= 15 is 0 Å². The molecule has 10 nitrogen and oxygen atoms in total. The summed E-state index contributed by atoms with van der Waals surface area (Å²) in [5.74, 6) is -2.32. The summed E-state index contributed by atoms with van der Waals surface area (Å²) >= 11 is 0. The van der Waals surface area contributed by atoms with Crippen LogP contribution < -0.4 is 11.5 Å². The number of nitrogens with two attached hydrogens (primary N) is 2. The first-order valence-electron chi connectivity index (χ1n) is 6.79. The number of hydrogen-bond acceptors (Lipinski definition) is 6. The van der Waals surface area contributed by atoms with Gasteiger partial charge in [0, 0.05) is 13.1 Å². The monoisotopic (exact) mass is 385 g/mol. The van der Waals surface area contributed by atoms with Crippen LogP contribution in [0.1, 0.15) is 25.7 Å². The van der Waals surface area contributed by atoms with Crippen LogP contribution in [0.15, 0.2) is 0 Å². The number of aliphatic carboxylic acids is 2. The average Bonchev–Trinajstić information content (AvgIpc) is 2.49. The molecule has 10 N–H and O–H groups in total. The van der Waals surface area contributed by atoms with E-state index in [9.17, 15) is 9.59 Å². The summed E-state index contributed by atoms with van der Waals surface area (Å²) in [5, 5.41) is 34.3. The van der Waals surface area contributed by atoms with Gasteiger partial charge in [0.1, 0.15) is 0 Å². The maximum atomic E-state index is 10.1. The van der Waals surface area contributed by atoms with Gasteiger partial charge in [-0.25, -0.2) is 0 Å². The smallest absolute Gasteiger partial charge is 0.665 e. The number of aliphatic hydroxyl groups is 2. The van der Waals surface area contributed by atoms with Crippen LogP contribution in [0.3, 0.4) is 0 Å². The normalized spacial score (nSPS) is 15.2. The molecule has 0 bridgehead atoms. The number of carbonyl (C=O) groups is 2. The molecule has 0 aliphatic rings. The molecule has 1 radical (unpaired) electrons. The van der Waals surface area contributed by atoms with E-state index in [-0.39, 0.29) is 55.8 Å². The summed E-state index contributed by atoms with van der Waals surface area (Å²) in [7, 11) is 0. The molecule has 0 saturated carbocycles. The summed E-state index contributed by atoms with van der Waals surface area (Å²) < 4.78 is 0. The van der Waals surface area contributed by atoms with Gasteiger partial charge >= 0.3 is 17.1 Å². The molecule has 0 aliphatic heterocycles. The summed E-state index contributed by atoms with van der Waals surface area (Å²) in [6.45, 7) is 0.235. The number of rotatable bonds is 10. The van der Waals surface area contributed by atoms with E-state index in [1.54, 1.807) is 0 Å². The van der Waals surface area contributed by atoms with Gasteiger partial charge in [-0.1, -0.05) is 12.8 Å². The molecule has 0 fully saturated rings. The van der Waals surface area contributed by atoms with Gasteiger partial charge in [0.15, 0.2) is 0 Å². The Bertz CT molecular complexity index is 294. The predicted octanol–water partition coefficient (Wildman–Crippen LogP) is -0.819.